The Bertz CT molecular complexity index is 211. The fourth-order valence-electron chi connectivity index (χ4n) is 2.14. The first-order valence-corrected chi connectivity index (χ1v) is 7.55. The maximum absolute atomic E-state index is 11.6. The molecular formula is C12H23NO2S. The normalized spacial score (nSPS) is 22.0. The van der Waals surface area contributed by atoms with Crippen molar-refractivity contribution in [3.05, 3.63) is 0 Å². The molecule has 0 aromatic heterocycles. The Morgan fingerprint density at radius 1 is 1.56 bits per heavy atom. The summed E-state index contributed by atoms with van der Waals surface area (Å²) in [6, 6.07) is 0. The van der Waals surface area contributed by atoms with E-state index in [1.54, 1.807) is 0 Å². The van der Waals surface area contributed by atoms with Gasteiger partial charge in [-0.25, -0.2) is 0 Å². The lowest BCUT2D eigenvalue weighted by molar-refractivity contribution is -0.149. The van der Waals surface area contributed by atoms with E-state index in [-0.39, 0.29) is 11.9 Å². The highest BCUT2D eigenvalue weighted by atomic mass is 32.2. The highest BCUT2D eigenvalue weighted by Crippen LogP contribution is 2.18. The van der Waals surface area contributed by atoms with Crippen LogP contribution in [0.25, 0.3) is 0 Å². The van der Waals surface area contributed by atoms with Crippen LogP contribution in [0, 0.1) is 5.92 Å². The lowest BCUT2D eigenvalue weighted by atomic mass is 9.98. The van der Waals surface area contributed by atoms with E-state index in [9.17, 15) is 4.79 Å². The molecule has 0 aliphatic carbocycles. The Kier molecular flexibility index (Phi) is 6.88. The quantitative estimate of drug-likeness (QED) is 0.529. The number of hydrogen-bond acceptors (Lipinski definition) is 4. The molecule has 1 atom stereocenters. The summed E-state index contributed by atoms with van der Waals surface area (Å²) in [6.07, 6.45) is 5.48. The summed E-state index contributed by atoms with van der Waals surface area (Å²) in [5.41, 5.74) is 0. The number of rotatable bonds is 6. The summed E-state index contributed by atoms with van der Waals surface area (Å²) in [5, 5.41) is 0. The number of piperidine rings is 1. The Morgan fingerprint density at radius 3 is 3.06 bits per heavy atom. The lowest BCUT2D eigenvalue weighted by Crippen LogP contribution is -2.39. The summed E-state index contributed by atoms with van der Waals surface area (Å²) >= 11 is 1.89. The predicted octanol–water partition coefficient (Wildman–Crippen LogP) is 2.01. The smallest absolute Gasteiger partial charge is 0.310 e. The minimum atomic E-state index is -0.00272. The molecule has 1 heterocycles. The molecule has 0 aromatic carbocycles. The van der Waals surface area contributed by atoms with Crippen molar-refractivity contribution in [1.82, 2.24) is 4.90 Å². The van der Waals surface area contributed by atoms with Crippen LogP contribution in [0.2, 0.25) is 0 Å². The number of hydrogen-bond donors (Lipinski definition) is 0. The Hall–Kier alpha value is -0.220. The van der Waals surface area contributed by atoms with E-state index in [4.69, 9.17) is 4.74 Å². The standard InChI is InChI=1S/C12H23NO2S/c1-3-15-12(14)11-6-4-7-13(10-11)8-5-9-16-2/h11H,3-10H2,1-2H3/t11-/m1/s1. The van der Waals surface area contributed by atoms with Crippen LogP contribution in [0.15, 0.2) is 0 Å². The molecule has 0 unspecified atom stereocenters. The number of likely N-dealkylation sites (tertiary alicyclic amines) is 1. The third kappa shape index (κ3) is 4.74. The molecule has 0 bridgehead atoms. The van der Waals surface area contributed by atoms with Crippen molar-refractivity contribution in [2.75, 3.05) is 38.2 Å². The number of carbonyl (C=O) groups excluding carboxylic acids is 1. The third-order valence-electron chi connectivity index (χ3n) is 2.95. The summed E-state index contributed by atoms with van der Waals surface area (Å²) in [5.74, 6) is 1.32. The van der Waals surface area contributed by atoms with Crippen LogP contribution < -0.4 is 0 Å². The van der Waals surface area contributed by atoms with Gasteiger partial charge in [0.15, 0.2) is 0 Å². The highest BCUT2D eigenvalue weighted by molar-refractivity contribution is 7.98. The number of esters is 1. The van der Waals surface area contributed by atoms with Crippen molar-refractivity contribution in [2.45, 2.75) is 26.2 Å². The van der Waals surface area contributed by atoms with Crippen molar-refractivity contribution < 1.29 is 9.53 Å². The van der Waals surface area contributed by atoms with Gasteiger partial charge in [-0.2, -0.15) is 11.8 Å². The zero-order valence-electron chi connectivity index (χ0n) is 10.4. The van der Waals surface area contributed by atoms with E-state index in [0.717, 1.165) is 32.5 Å². The van der Waals surface area contributed by atoms with E-state index >= 15 is 0 Å². The molecule has 0 N–H and O–H groups in total. The maximum atomic E-state index is 11.6. The Labute approximate surface area is 103 Å². The molecule has 1 aliphatic heterocycles. The SMILES string of the molecule is CCOC(=O)[C@@H]1CCCN(CCCSC)C1. The van der Waals surface area contributed by atoms with Crippen molar-refractivity contribution in [2.24, 2.45) is 5.92 Å². The minimum absolute atomic E-state index is 0.00272. The minimum Gasteiger partial charge on any atom is -0.466 e. The molecule has 3 nitrogen and oxygen atoms in total. The van der Waals surface area contributed by atoms with Gasteiger partial charge in [-0.05, 0) is 51.3 Å². The van der Waals surface area contributed by atoms with Gasteiger partial charge >= 0.3 is 5.97 Å². The molecule has 0 spiro atoms. The molecular weight excluding hydrogens is 222 g/mol. The lowest BCUT2D eigenvalue weighted by Gasteiger charge is -2.31. The first-order valence-electron chi connectivity index (χ1n) is 6.15. The van der Waals surface area contributed by atoms with Gasteiger partial charge < -0.3 is 9.64 Å². The van der Waals surface area contributed by atoms with Gasteiger partial charge in [-0.1, -0.05) is 0 Å². The van der Waals surface area contributed by atoms with Gasteiger partial charge in [0.2, 0.25) is 0 Å². The Balaban J connectivity index is 2.26. The van der Waals surface area contributed by atoms with E-state index < -0.39 is 0 Å². The van der Waals surface area contributed by atoms with Gasteiger partial charge in [0.25, 0.3) is 0 Å². The van der Waals surface area contributed by atoms with Crippen LogP contribution in [0.3, 0.4) is 0 Å². The van der Waals surface area contributed by atoms with Crippen LogP contribution >= 0.6 is 11.8 Å². The molecule has 0 saturated carbocycles. The van der Waals surface area contributed by atoms with Gasteiger partial charge in [-0.15, -0.1) is 0 Å². The first-order chi connectivity index (χ1) is 7.77. The van der Waals surface area contributed by atoms with Crippen molar-refractivity contribution in [3.8, 4) is 0 Å². The summed E-state index contributed by atoms with van der Waals surface area (Å²) < 4.78 is 5.09. The molecule has 4 heteroatoms. The van der Waals surface area contributed by atoms with Crippen molar-refractivity contribution in [1.29, 1.82) is 0 Å². The molecule has 0 amide bonds. The molecule has 0 aromatic rings. The van der Waals surface area contributed by atoms with Gasteiger partial charge in [0, 0.05) is 6.54 Å². The Morgan fingerprint density at radius 2 is 2.38 bits per heavy atom. The average Bonchev–Trinajstić information content (AvgIpc) is 2.30. The molecule has 1 aliphatic rings. The molecule has 1 saturated heterocycles. The van der Waals surface area contributed by atoms with Crippen molar-refractivity contribution in [3.63, 3.8) is 0 Å². The summed E-state index contributed by atoms with van der Waals surface area (Å²) in [7, 11) is 0. The molecule has 1 fully saturated rings. The van der Waals surface area contributed by atoms with Crippen LogP contribution in [-0.4, -0.2) is 49.1 Å². The molecule has 94 valence electrons. The van der Waals surface area contributed by atoms with Gasteiger partial charge in [-0.3, -0.25) is 4.79 Å². The second-order valence-electron chi connectivity index (χ2n) is 4.24. The van der Waals surface area contributed by atoms with Gasteiger partial charge in [0.05, 0.1) is 12.5 Å². The third-order valence-corrected chi connectivity index (χ3v) is 3.65. The van der Waals surface area contributed by atoms with E-state index in [0.29, 0.717) is 6.61 Å². The number of ether oxygens (including phenoxy) is 1. The predicted molar refractivity (Wildman–Crippen MR) is 68.8 cm³/mol. The van der Waals surface area contributed by atoms with Crippen LogP contribution in [0.1, 0.15) is 26.2 Å². The maximum Gasteiger partial charge on any atom is 0.310 e. The van der Waals surface area contributed by atoms with E-state index in [1.165, 1.54) is 12.2 Å². The van der Waals surface area contributed by atoms with Gasteiger partial charge in [0.1, 0.15) is 0 Å². The van der Waals surface area contributed by atoms with E-state index in [2.05, 4.69) is 11.2 Å². The fraction of sp³-hybridized carbons (Fsp3) is 0.917. The number of nitrogens with zero attached hydrogens (tertiary/aromatic N) is 1. The number of thioether (sulfide) groups is 1. The largest absolute Gasteiger partial charge is 0.466 e. The van der Waals surface area contributed by atoms with Crippen LogP contribution in [-0.2, 0) is 9.53 Å². The van der Waals surface area contributed by atoms with Crippen molar-refractivity contribution >= 4 is 17.7 Å². The average molecular weight is 245 g/mol. The number of carbonyl (C=O) groups is 1. The zero-order valence-corrected chi connectivity index (χ0v) is 11.2. The van der Waals surface area contributed by atoms with Crippen LogP contribution in [0.4, 0.5) is 0 Å². The molecule has 0 radical (unpaired) electrons. The van der Waals surface area contributed by atoms with Crippen LogP contribution in [0.5, 0.6) is 0 Å². The fourth-order valence-corrected chi connectivity index (χ4v) is 2.56. The highest BCUT2D eigenvalue weighted by Gasteiger charge is 2.26. The first kappa shape index (κ1) is 13.8. The molecule has 1 rings (SSSR count). The zero-order chi connectivity index (χ0) is 11.8. The second kappa shape index (κ2) is 7.96. The monoisotopic (exact) mass is 245 g/mol. The summed E-state index contributed by atoms with van der Waals surface area (Å²) in [4.78, 5) is 14.0. The second-order valence-corrected chi connectivity index (χ2v) is 5.22. The topological polar surface area (TPSA) is 29.5 Å². The van der Waals surface area contributed by atoms with E-state index in [1.807, 2.05) is 18.7 Å². The molecule has 16 heavy (non-hydrogen) atoms. The summed E-state index contributed by atoms with van der Waals surface area (Å²) in [6.45, 7) is 5.53.